The lowest BCUT2D eigenvalue weighted by Gasteiger charge is -2.35. The summed E-state index contributed by atoms with van der Waals surface area (Å²) in [5, 5.41) is 11.5. The maximum Gasteiger partial charge on any atom is 0.311 e. The molecule has 144 valence electrons. The maximum absolute atomic E-state index is 12.5. The number of hydrogen-bond acceptors (Lipinski definition) is 7. The van der Waals surface area contributed by atoms with Crippen molar-refractivity contribution < 1.29 is 18.1 Å². The highest BCUT2D eigenvalue weighted by Gasteiger charge is 2.31. The standard InChI is InChI=1S/C17H19N3O5S2/c1-12-6-7-14(26-12)17(21)19-10-8-18(9-11-19)13-4-3-5-15(27(2,24)25)16(13)20(22)23/h3-7H,8-11H2,1-2H3. The van der Waals surface area contributed by atoms with E-state index < -0.39 is 20.4 Å². The number of thiophene rings is 1. The lowest BCUT2D eigenvalue weighted by Crippen LogP contribution is -2.48. The van der Waals surface area contributed by atoms with Gasteiger partial charge in [-0.1, -0.05) is 6.07 Å². The van der Waals surface area contributed by atoms with Crippen LogP contribution in [0.1, 0.15) is 14.5 Å². The molecule has 0 N–H and O–H groups in total. The van der Waals surface area contributed by atoms with E-state index in [0.717, 1.165) is 11.1 Å². The third kappa shape index (κ3) is 3.96. The summed E-state index contributed by atoms with van der Waals surface area (Å²) in [5.74, 6) is -0.0489. The van der Waals surface area contributed by atoms with E-state index in [1.807, 2.05) is 13.0 Å². The van der Waals surface area contributed by atoms with Gasteiger partial charge < -0.3 is 9.80 Å². The Hall–Kier alpha value is -2.46. The Kier molecular flexibility index (Phi) is 5.20. The highest BCUT2D eigenvalue weighted by atomic mass is 32.2. The molecule has 0 saturated carbocycles. The van der Waals surface area contributed by atoms with Crippen LogP contribution in [0, 0.1) is 17.0 Å². The van der Waals surface area contributed by atoms with Gasteiger partial charge in [-0.3, -0.25) is 14.9 Å². The van der Waals surface area contributed by atoms with E-state index in [2.05, 4.69) is 0 Å². The number of anilines is 1. The molecule has 0 bridgehead atoms. The molecule has 0 spiro atoms. The van der Waals surface area contributed by atoms with Gasteiger partial charge in [0.1, 0.15) is 10.6 Å². The quantitative estimate of drug-likeness (QED) is 0.567. The molecular formula is C17H19N3O5S2. The third-order valence-electron chi connectivity index (χ3n) is 4.42. The zero-order chi connectivity index (χ0) is 19.8. The fourth-order valence-corrected chi connectivity index (χ4v) is 4.80. The van der Waals surface area contributed by atoms with Gasteiger partial charge in [0.2, 0.25) is 0 Å². The van der Waals surface area contributed by atoms with E-state index in [-0.39, 0.29) is 16.5 Å². The molecule has 1 aliphatic heterocycles. The van der Waals surface area contributed by atoms with Crippen LogP contribution in [-0.4, -0.2) is 56.6 Å². The van der Waals surface area contributed by atoms with Gasteiger partial charge in [0.15, 0.2) is 9.84 Å². The van der Waals surface area contributed by atoms with E-state index in [1.165, 1.54) is 23.5 Å². The van der Waals surface area contributed by atoms with E-state index in [9.17, 15) is 23.3 Å². The lowest BCUT2D eigenvalue weighted by molar-refractivity contribution is -0.387. The average Bonchev–Trinajstić information content (AvgIpc) is 3.06. The Bertz CT molecular complexity index is 992. The summed E-state index contributed by atoms with van der Waals surface area (Å²) in [7, 11) is -3.73. The highest BCUT2D eigenvalue weighted by Crippen LogP contribution is 2.35. The number of nitro benzene ring substituents is 1. The smallest absolute Gasteiger partial charge is 0.311 e. The number of carbonyl (C=O) groups excluding carboxylic acids is 1. The molecule has 2 aromatic rings. The summed E-state index contributed by atoms with van der Waals surface area (Å²) in [5.41, 5.74) is -0.143. The van der Waals surface area contributed by atoms with Gasteiger partial charge in [0.25, 0.3) is 5.91 Å². The molecule has 10 heteroatoms. The van der Waals surface area contributed by atoms with Crippen molar-refractivity contribution in [2.75, 3.05) is 37.3 Å². The Balaban J connectivity index is 1.82. The minimum atomic E-state index is -3.73. The number of aryl methyl sites for hydroxylation is 1. The molecule has 1 saturated heterocycles. The van der Waals surface area contributed by atoms with Crippen LogP contribution in [0.25, 0.3) is 0 Å². The number of hydrogen-bond donors (Lipinski definition) is 0. The number of benzene rings is 1. The minimum Gasteiger partial charge on any atom is -0.362 e. The zero-order valence-electron chi connectivity index (χ0n) is 14.9. The first-order valence-electron chi connectivity index (χ1n) is 8.26. The predicted molar refractivity (Wildman–Crippen MR) is 103 cm³/mol. The second-order valence-electron chi connectivity index (χ2n) is 6.34. The summed E-state index contributed by atoms with van der Waals surface area (Å²) in [6.45, 7) is 3.55. The van der Waals surface area contributed by atoms with Crippen molar-refractivity contribution in [1.82, 2.24) is 4.90 Å². The van der Waals surface area contributed by atoms with Crippen molar-refractivity contribution in [1.29, 1.82) is 0 Å². The Morgan fingerprint density at radius 2 is 1.81 bits per heavy atom. The number of sulfone groups is 1. The normalized spacial score (nSPS) is 15.0. The van der Waals surface area contributed by atoms with E-state index in [4.69, 9.17) is 0 Å². The molecule has 1 aliphatic rings. The van der Waals surface area contributed by atoms with Gasteiger partial charge in [-0.05, 0) is 31.2 Å². The van der Waals surface area contributed by atoms with Gasteiger partial charge in [0, 0.05) is 37.3 Å². The van der Waals surface area contributed by atoms with Crippen molar-refractivity contribution in [2.24, 2.45) is 0 Å². The first kappa shape index (κ1) is 19.3. The Morgan fingerprint density at radius 1 is 1.15 bits per heavy atom. The van der Waals surface area contributed by atoms with Crippen LogP contribution in [0.5, 0.6) is 0 Å². The summed E-state index contributed by atoms with van der Waals surface area (Å²) in [6, 6.07) is 8.00. The Morgan fingerprint density at radius 3 is 2.33 bits per heavy atom. The Labute approximate surface area is 161 Å². The number of nitro groups is 1. The van der Waals surface area contributed by atoms with Crippen molar-refractivity contribution >= 4 is 38.5 Å². The molecule has 0 radical (unpaired) electrons. The van der Waals surface area contributed by atoms with Crippen LogP contribution in [-0.2, 0) is 9.84 Å². The van der Waals surface area contributed by atoms with Crippen molar-refractivity contribution in [3.05, 3.63) is 50.2 Å². The van der Waals surface area contributed by atoms with E-state index in [0.29, 0.717) is 31.1 Å². The molecule has 1 aromatic heterocycles. The molecule has 0 atom stereocenters. The fourth-order valence-electron chi connectivity index (χ4n) is 3.10. The van der Waals surface area contributed by atoms with Crippen LogP contribution < -0.4 is 4.90 Å². The van der Waals surface area contributed by atoms with Gasteiger partial charge >= 0.3 is 5.69 Å². The first-order chi connectivity index (χ1) is 12.7. The largest absolute Gasteiger partial charge is 0.362 e. The number of amides is 1. The monoisotopic (exact) mass is 409 g/mol. The fraction of sp³-hybridized carbons (Fsp3) is 0.353. The highest BCUT2D eigenvalue weighted by molar-refractivity contribution is 7.90. The van der Waals surface area contributed by atoms with Crippen LogP contribution in [0.2, 0.25) is 0 Å². The SMILES string of the molecule is Cc1ccc(C(=O)N2CCN(c3cccc(S(C)(=O)=O)c3[N+](=O)[O-])CC2)s1. The second kappa shape index (κ2) is 7.28. The molecule has 0 aliphatic carbocycles. The maximum atomic E-state index is 12.5. The second-order valence-corrected chi connectivity index (χ2v) is 9.61. The van der Waals surface area contributed by atoms with Crippen LogP contribution in [0.15, 0.2) is 35.2 Å². The van der Waals surface area contributed by atoms with Gasteiger partial charge in [-0.15, -0.1) is 11.3 Å². The van der Waals surface area contributed by atoms with Crippen LogP contribution in [0.4, 0.5) is 11.4 Å². The summed E-state index contributed by atoms with van der Waals surface area (Å²) in [6.07, 6.45) is 0.957. The topological polar surface area (TPSA) is 101 Å². The van der Waals surface area contributed by atoms with E-state index in [1.54, 1.807) is 21.9 Å². The summed E-state index contributed by atoms with van der Waals surface area (Å²) < 4.78 is 23.8. The number of nitrogens with zero attached hydrogens (tertiary/aromatic N) is 3. The number of carbonyl (C=O) groups is 1. The summed E-state index contributed by atoms with van der Waals surface area (Å²) in [4.78, 5) is 28.4. The number of piperazine rings is 1. The van der Waals surface area contributed by atoms with Crippen molar-refractivity contribution in [3.8, 4) is 0 Å². The number of rotatable bonds is 4. The van der Waals surface area contributed by atoms with Crippen LogP contribution >= 0.6 is 11.3 Å². The van der Waals surface area contributed by atoms with Crippen LogP contribution in [0.3, 0.4) is 0 Å². The molecule has 1 aromatic carbocycles. The van der Waals surface area contributed by atoms with Crippen molar-refractivity contribution in [2.45, 2.75) is 11.8 Å². The minimum absolute atomic E-state index is 0.0489. The molecular weight excluding hydrogens is 390 g/mol. The number of para-hydroxylation sites is 1. The van der Waals surface area contributed by atoms with E-state index >= 15 is 0 Å². The molecule has 27 heavy (non-hydrogen) atoms. The molecule has 0 unspecified atom stereocenters. The van der Waals surface area contributed by atoms with Gasteiger partial charge in [-0.2, -0.15) is 0 Å². The first-order valence-corrected chi connectivity index (χ1v) is 11.0. The zero-order valence-corrected chi connectivity index (χ0v) is 16.5. The molecule has 2 heterocycles. The summed E-state index contributed by atoms with van der Waals surface area (Å²) >= 11 is 1.44. The molecule has 1 fully saturated rings. The average molecular weight is 409 g/mol. The molecule has 1 amide bonds. The third-order valence-corrected chi connectivity index (χ3v) is 6.54. The molecule has 8 nitrogen and oxygen atoms in total. The van der Waals surface area contributed by atoms with Crippen molar-refractivity contribution in [3.63, 3.8) is 0 Å². The van der Waals surface area contributed by atoms with Gasteiger partial charge in [-0.25, -0.2) is 8.42 Å². The molecule has 3 rings (SSSR count). The lowest BCUT2D eigenvalue weighted by atomic mass is 10.2. The van der Waals surface area contributed by atoms with Gasteiger partial charge in [0.05, 0.1) is 9.80 Å². The predicted octanol–water partition coefficient (Wildman–Crippen LogP) is 2.33.